The van der Waals surface area contributed by atoms with Crippen molar-refractivity contribution in [1.82, 2.24) is 19.5 Å². The second-order valence-electron chi connectivity index (χ2n) is 4.44. The molecule has 0 saturated carbocycles. The van der Waals surface area contributed by atoms with Crippen molar-refractivity contribution in [2.75, 3.05) is 12.9 Å². The molecule has 9 nitrogen and oxygen atoms in total. The summed E-state index contributed by atoms with van der Waals surface area (Å²) in [7, 11) is 0. The van der Waals surface area contributed by atoms with Crippen molar-refractivity contribution < 1.29 is 25.5 Å². The summed E-state index contributed by atoms with van der Waals surface area (Å²) in [6.07, 6.45) is 0.813. The standard InChI is InChI=1S/C11H14N4O4S.H2O/c1-20-10-6-9(12-3-13-10)15(4-14-6)11-8(18)7(17)5(2-16)19-11;/h3-5,7-8,11,16-18H,2H2,1H3;1H2. The van der Waals surface area contributed by atoms with Crippen LogP contribution in [0.15, 0.2) is 17.7 Å². The van der Waals surface area contributed by atoms with Crippen LogP contribution in [0, 0.1) is 0 Å². The molecule has 3 rings (SSSR count). The highest BCUT2D eigenvalue weighted by atomic mass is 32.2. The Morgan fingerprint density at radius 3 is 2.67 bits per heavy atom. The number of nitrogens with zero attached hydrogens (tertiary/aromatic N) is 4. The maximum atomic E-state index is 10.0. The van der Waals surface area contributed by atoms with Crippen LogP contribution in [0.3, 0.4) is 0 Å². The van der Waals surface area contributed by atoms with Crippen LogP contribution in [0.1, 0.15) is 6.23 Å². The Bertz CT molecular complexity index is 624. The fraction of sp³-hybridized carbons (Fsp3) is 0.545. The summed E-state index contributed by atoms with van der Waals surface area (Å²) < 4.78 is 7.01. The zero-order chi connectivity index (χ0) is 14.3. The van der Waals surface area contributed by atoms with E-state index in [1.54, 1.807) is 4.57 Å². The zero-order valence-electron chi connectivity index (χ0n) is 11.1. The van der Waals surface area contributed by atoms with Gasteiger partial charge in [0.25, 0.3) is 0 Å². The van der Waals surface area contributed by atoms with Gasteiger partial charge in [0.1, 0.15) is 35.2 Å². The molecule has 1 aliphatic rings. The molecule has 3 heterocycles. The average Bonchev–Trinajstić information content (AvgIpc) is 3.01. The number of hydrogen-bond donors (Lipinski definition) is 3. The van der Waals surface area contributed by atoms with Gasteiger partial charge in [-0.05, 0) is 6.26 Å². The van der Waals surface area contributed by atoms with Crippen LogP contribution < -0.4 is 0 Å². The fourth-order valence-electron chi connectivity index (χ4n) is 2.28. The van der Waals surface area contributed by atoms with E-state index in [4.69, 9.17) is 9.84 Å². The van der Waals surface area contributed by atoms with Gasteiger partial charge in [-0.25, -0.2) is 15.0 Å². The van der Waals surface area contributed by atoms with Gasteiger partial charge in [0.15, 0.2) is 11.9 Å². The summed E-state index contributed by atoms with van der Waals surface area (Å²) in [5.74, 6) is 0. The highest BCUT2D eigenvalue weighted by molar-refractivity contribution is 7.98. The lowest BCUT2D eigenvalue weighted by Gasteiger charge is -2.16. The molecule has 0 bridgehead atoms. The topological polar surface area (TPSA) is 145 Å². The number of thioether (sulfide) groups is 1. The van der Waals surface area contributed by atoms with E-state index in [1.807, 2.05) is 6.26 Å². The Hall–Kier alpha value is -1.30. The first-order valence-electron chi connectivity index (χ1n) is 6.01. The molecule has 2 aromatic heterocycles. The minimum absolute atomic E-state index is 0. The number of rotatable bonds is 3. The number of fused-ring (bicyclic) bond motifs is 1. The molecular weight excluding hydrogens is 300 g/mol. The van der Waals surface area contributed by atoms with Gasteiger partial charge in [-0.15, -0.1) is 11.8 Å². The van der Waals surface area contributed by atoms with Crippen LogP contribution >= 0.6 is 11.8 Å². The third-order valence-corrected chi connectivity index (χ3v) is 4.00. The van der Waals surface area contributed by atoms with Gasteiger partial charge in [0.05, 0.1) is 12.9 Å². The lowest BCUT2D eigenvalue weighted by molar-refractivity contribution is -0.0511. The summed E-state index contributed by atoms with van der Waals surface area (Å²) in [5, 5.41) is 29.7. The number of aliphatic hydroxyl groups is 3. The molecule has 1 aliphatic heterocycles. The quantitative estimate of drug-likeness (QED) is 0.450. The van der Waals surface area contributed by atoms with Crippen LogP contribution in [0.2, 0.25) is 0 Å². The van der Waals surface area contributed by atoms with Crippen LogP contribution in [0.5, 0.6) is 0 Å². The lowest BCUT2D eigenvalue weighted by atomic mass is 10.1. The van der Waals surface area contributed by atoms with E-state index in [2.05, 4.69) is 15.0 Å². The molecule has 116 valence electrons. The monoisotopic (exact) mass is 316 g/mol. The van der Waals surface area contributed by atoms with Crippen molar-refractivity contribution in [2.45, 2.75) is 29.6 Å². The van der Waals surface area contributed by atoms with E-state index < -0.39 is 24.5 Å². The van der Waals surface area contributed by atoms with E-state index in [0.717, 1.165) is 5.03 Å². The molecule has 2 aromatic rings. The molecule has 21 heavy (non-hydrogen) atoms. The van der Waals surface area contributed by atoms with Crippen LogP contribution in [-0.4, -0.2) is 71.5 Å². The third-order valence-electron chi connectivity index (χ3n) is 3.31. The Morgan fingerprint density at radius 1 is 1.29 bits per heavy atom. The molecule has 0 spiro atoms. The van der Waals surface area contributed by atoms with E-state index in [1.165, 1.54) is 24.4 Å². The predicted octanol–water partition coefficient (Wildman–Crippen LogP) is -1.67. The molecule has 1 fully saturated rings. The normalized spacial score (nSPS) is 28.8. The van der Waals surface area contributed by atoms with Crippen molar-refractivity contribution in [3.8, 4) is 0 Å². The number of imidazole rings is 1. The maximum Gasteiger partial charge on any atom is 0.166 e. The van der Waals surface area contributed by atoms with Crippen LogP contribution in [-0.2, 0) is 4.74 Å². The average molecular weight is 316 g/mol. The highest BCUT2D eigenvalue weighted by Gasteiger charge is 2.43. The van der Waals surface area contributed by atoms with Gasteiger partial charge in [-0.1, -0.05) is 0 Å². The molecule has 5 N–H and O–H groups in total. The van der Waals surface area contributed by atoms with Crippen LogP contribution in [0.4, 0.5) is 0 Å². The second kappa shape index (κ2) is 6.22. The molecule has 0 amide bonds. The van der Waals surface area contributed by atoms with E-state index in [-0.39, 0.29) is 12.1 Å². The SMILES string of the molecule is CSc1ncnc2c1ncn2C1OC(CO)C(O)C1O.O. The van der Waals surface area contributed by atoms with Crippen molar-refractivity contribution in [1.29, 1.82) is 0 Å². The van der Waals surface area contributed by atoms with Crippen molar-refractivity contribution in [3.63, 3.8) is 0 Å². The van der Waals surface area contributed by atoms with Crippen molar-refractivity contribution in [2.24, 2.45) is 0 Å². The van der Waals surface area contributed by atoms with E-state index in [0.29, 0.717) is 11.2 Å². The summed E-state index contributed by atoms with van der Waals surface area (Å²) in [5.41, 5.74) is 1.12. The molecule has 0 aromatic carbocycles. The van der Waals surface area contributed by atoms with E-state index >= 15 is 0 Å². The highest BCUT2D eigenvalue weighted by Crippen LogP contribution is 2.32. The van der Waals surface area contributed by atoms with Gasteiger partial charge in [-0.3, -0.25) is 4.57 Å². The Kier molecular flexibility index (Phi) is 4.76. The first-order chi connectivity index (χ1) is 9.67. The lowest BCUT2D eigenvalue weighted by Crippen LogP contribution is -2.33. The molecule has 0 radical (unpaired) electrons. The largest absolute Gasteiger partial charge is 0.412 e. The summed E-state index contributed by atoms with van der Waals surface area (Å²) in [6.45, 7) is -0.369. The van der Waals surface area contributed by atoms with Gasteiger partial charge in [0, 0.05) is 0 Å². The van der Waals surface area contributed by atoms with Crippen molar-refractivity contribution >= 4 is 22.9 Å². The minimum atomic E-state index is -1.16. The zero-order valence-corrected chi connectivity index (χ0v) is 11.9. The Morgan fingerprint density at radius 2 is 2.05 bits per heavy atom. The third kappa shape index (κ3) is 2.50. The number of ether oxygens (including phenoxy) is 1. The van der Waals surface area contributed by atoms with Crippen molar-refractivity contribution in [3.05, 3.63) is 12.7 Å². The Labute approximate surface area is 123 Å². The first kappa shape index (κ1) is 16.1. The fourth-order valence-corrected chi connectivity index (χ4v) is 2.77. The molecule has 4 unspecified atom stereocenters. The molecule has 4 atom stereocenters. The number of aliphatic hydroxyl groups excluding tert-OH is 3. The summed E-state index contributed by atoms with van der Waals surface area (Å²) in [6, 6.07) is 0. The first-order valence-corrected chi connectivity index (χ1v) is 7.23. The van der Waals surface area contributed by atoms with Gasteiger partial charge in [-0.2, -0.15) is 0 Å². The molecule has 1 saturated heterocycles. The van der Waals surface area contributed by atoms with Gasteiger partial charge >= 0.3 is 0 Å². The molecular formula is C11H16N4O5S. The Balaban J connectivity index is 0.00000161. The smallest absolute Gasteiger partial charge is 0.166 e. The molecule has 10 heteroatoms. The second-order valence-corrected chi connectivity index (χ2v) is 5.23. The van der Waals surface area contributed by atoms with Crippen LogP contribution in [0.25, 0.3) is 11.2 Å². The minimum Gasteiger partial charge on any atom is -0.412 e. The van der Waals surface area contributed by atoms with Gasteiger partial charge in [0.2, 0.25) is 0 Å². The summed E-state index contributed by atoms with van der Waals surface area (Å²) >= 11 is 1.44. The molecule has 0 aliphatic carbocycles. The van der Waals surface area contributed by atoms with E-state index in [9.17, 15) is 10.2 Å². The van der Waals surface area contributed by atoms with Gasteiger partial charge < -0.3 is 25.5 Å². The predicted molar refractivity (Wildman–Crippen MR) is 73.7 cm³/mol. The summed E-state index contributed by atoms with van der Waals surface area (Å²) in [4.78, 5) is 12.5. The maximum absolute atomic E-state index is 10.0. The number of aromatic nitrogens is 4. The number of hydrogen-bond acceptors (Lipinski definition) is 8.